The molecule has 27 heavy (non-hydrogen) atoms. The molecule has 0 unspecified atom stereocenters. The van der Waals surface area contributed by atoms with Crippen molar-refractivity contribution in [1.82, 2.24) is 9.80 Å². The molecule has 0 bridgehead atoms. The van der Waals surface area contributed by atoms with E-state index in [2.05, 4.69) is 4.90 Å². The van der Waals surface area contributed by atoms with Crippen molar-refractivity contribution in [2.75, 3.05) is 39.0 Å². The molecule has 2 aromatic carbocycles. The molecule has 1 amide bonds. The third-order valence-electron chi connectivity index (χ3n) is 4.42. The summed E-state index contributed by atoms with van der Waals surface area (Å²) in [5, 5.41) is 0. The highest BCUT2D eigenvalue weighted by molar-refractivity contribution is 5.95. The molecule has 0 aliphatic carbocycles. The van der Waals surface area contributed by atoms with Crippen LogP contribution < -0.4 is 10.5 Å². The first-order valence-corrected chi connectivity index (χ1v) is 8.26. The van der Waals surface area contributed by atoms with Crippen LogP contribution in [0.5, 0.6) is 5.75 Å². The maximum absolute atomic E-state index is 13.8. The molecular formula is C19H24Cl2FN3O2. The SMILES string of the molecule is COc1ccc(CN2CCN(C(=O)c3cccc(N)c3)CC2)cc1F.Cl.Cl. The van der Waals surface area contributed by atoms with Gasteiger partial charge in [0.2, 0.25) is 0 Å². The van der Waals surface area contributed by atoms with Crippen LogP contribution in [0.3, 0.4) is 0 Å². The normalized spacial score (nSPS) is 14.1. The van der Waals surface area contributed by atoms with E-state index in [1.54, 1.807) is 30.3 Å². The molecular weight excluding hydrogens is 392 g/mol. The number of piperazine rings is 1. The molecule has 1 fully saturated rings. The van der Waals surface area contributed by atoms with E-state index in [-0.39, 0.29) is 42.3 Å². The third-order valence-corrected chi connectivity index (χ3v) is 4.42. The van der Waals surface area contributed by atoms with E-state index in [4.69, 9.17) is 10.5 Å². The van der Waals surface area contributed by atoms with Crippen LogP contribution >= 0.6 is 24.8 Å². The first-order chi connectivity index (χ1) is 12.1. The maximum atomic E-state index is 13.8. The number of nitrogen functional groups attached to an aromatic ring is 1. The van der Waals surface area contributed by atoms with E-state index in [1.807, 2.05) is 11.0 Å². The fraction of sp³-hybridized carbons (Fsp3) is 0.316. The van der Waals surface area contributed by atoms with Crippen LogP contribution in [-0.2, 0) is 6.54 Å². The van der Waals surface area contributed by atoms with E-state index >= 15 is 0 Å². The Bertz CT molecular complexity index is 768. The van der Waals surface area contributed by atoms with Crippen LogP contribution in [0.15, 0.2) is 42.5 Å². The summed E-state index contributed by atoms with van der Waals surface area (Å²) in [6.07, 6.45) is 0. The van der Waals surface area contributed by atoms with Gasteiger partial charge in [0.1, 0.15) is 0 Å². The van der Waals surface area contributed by atoms with E-state index < -0.39 is 0 Å². The largest absolute Gasteiger partial charge is 0.494 e. The summed E-state index contributed by atoms with van der Waals surface area (Å²) in [6.45, 7) is 3.45. The van der Waals surface area contributed by atoms with Gasteiger partial charge < -0.3 is 15.4 Å². The first-order valence-electron chi connectivity index (χ1n) is 8.26. The number of nitrogens with zero attached hydrogens (tertiary/aromatic N) is 2. The minimum atomic E-state index is -0.351. The number of rotatable bonds is 4. The number of halogens is 3. The lowest BCUT2D eigenvalue weighted by atomic mass is 10.1. The molecule has 1 saturated heterocycles. The number of anilines is 1. The summed E-state index contributed by atoms with van der Waals surface area (Å²) in [5.74, 6) is -0.0979. The summed E-state index contributed by atoms with van der Waals surface area (Å²) in [5.41, 5.74) is 7.85. The van der Waals surface area contributed by atoms with Crippen molar-refractivity contribution < 1.29 is 13.9 Å². The highest BCUT2D eigenvalue weighted by Gasteiger charge is 2.22. The highest BCUT2D eigenvalue weighted by atomic mass is 35.5. The van der Waals surface area contributed by atoms with Gasteiger partial charge in [-0.2, -0.15) is 0 Å². The van der Waals surface area contributed by atoms with E-state index in [1.165, 1.54) is 13.2 Å². The fourth-order valence-corrected chi connectivity index (χ4v) is 3.03. The zero-order valence-corrected chi connectivity index (χ0v) is 16.7. The van der Waals surface area contributed by atoms with Crippen LogP contribution in [0.1, 0.15) is 15.9 Å². The van der Waals surface area contributed by atoms with E-state index in [0.29, 0.717) is 30.9 Å². The van der Waals surface area contributed by atoms with Crippen LogP contribution in [0.4, 0.5) is 10.1 Å². The quantitative estimate of drug-likeness (QED) is 0.778. The highest BCUT2D eigenvalue weighted by Crippen LogP contribution is 2.19. The van der Waals surface area contributed by atoms with Crippen molar-refractivity contribution >= 4 is 36.4 Å². The molecule has 2 N–H and O–H groups in total. The van der Waals surface area contributed by atoms with Crippen molar-refractivity contribution in [2.24, 2.45) is 0 Å². The van der Waals surface area contributed by atoms with Gasteiger partial charge in [-0.15, -0.1) is 24.8 Å². The second-order valence-corrected chi connectivity index (χ2v) is 6.16. The average Bonchev–Trinajstić information content (AvgIpc) is 2.62. The predicted octanol–water partition coefficient (Wildman–Crippen LogP) is 3.22. The summed E-state index contributed by atoms with van der Waals surface area (Å²) < 4.78 is 18.7. The van der Waals surface area contributed by atoms with Gasteiger partial charge in [0.15, 0.2) is 11.6 Å². The zero-order valence-electron chi connectivity index (χ0n) is 15.1. The second kappa shape index (κ2) is 10.3. The molecule has 0 aromatic heterocycles. The Morgan fingerprint density at radius 2 is 1.81 bits per heavy atom. The summed E-state index contributed by atoms with van der Waals surface area (Å²) in [4.78, 5) is 16.6. The number of methoxy groups -OCH3 is 1. The Morgan fingerprint density at radius 3 is 2.41 bits per heavy atom. The fourth-order valence-electron chi connectivity index (χ4n) is 3.03. The summed E-state index contributed by atoms with van der Waals surface area (Å²) in [6, 6.07) is 12.1. The minimum absolute atomic E-state index is 0. The van der Waals surface area contributed by atoms with Crippen LogP contribution in [0, 0.1) is 5.82 Å². The average molecular weight is 416 g/mol. The molecule has 1 heterocycles. The van der Waals surface area contributed by atoms with Crippen LogP contribution in [-0.4, -0.2) is 49.0 Å². The number of ether oxygens (including phenoxy) is 1. The number of carbonyl (C=O) groups excluding carboxylic acids is 1. The smallest absolute Gasteiger partial charge is 0.254 e. The van der Waals surface area contributed by atoms with Gasteiger partial charge in [0.05, 0.1) is 7.11 Å². The second-order valence-electron chi connectivity index (χ2n) is 6.16. The van der Waals surface area contributed by atoms with Gasteiger partial charge >= 0.3 is 0 Å². The summed E-state index contributed by atoms with van der Waals surface area (Å²) >= 11 is 0. The number of hydrogen-bond acceptors (Lipinski definition) is 4. The number of nitrogens with two attached hydrogens (primary N) is 1. The Morgan fingerprint density at radius 1 is 1.11 bits per heavy atom. The standard InChI is InChI=1S/C19H22FN3O2.2ClH/c1-25-18-6-5-14(11-17(18)20)13-22-7-9-23(10-8-22)19(24)15-3-2-4-16(21)12-15;;/h2-6,11-12H,7-10,13,21H2,1H3;2*1H. The van der Waals surface area contributed by atoms with Crippen LogP contribution in [0.2, 0.25) is 0 Å². The van der Waals surface area contributed by atoms with Crippen molar-refractivity contribution in [3.05, 3.63) is 59.4 Å². The Balaban J connectivity index is 0.00000182. The molecule has 0 atom stereocenters. The molecule has 8 heteroatoms. The van der Waals surface area contributed by atoms with Crippen molar-refractivity contribution in [3.63, 3.8) is 0 Å². The van der Waals surface area contributed by atoms with E-state index in [0.717, 1.165) is 18.7 Å². The van der Waals surface area contributed by atoms with Crippen molar-refractivity contribution in [1.29, 1.82) is 0 Å². The van der Waals surface area contributed by atoms with Gasteiger partial charge in [0, 0.05) is 44.0 Å². The van der Waals surface area contributed by atoms with Gasteiger partial charge in [-0.1, -0.05) is 12.1 Å². The topological polar surface area (TPSA) is 58.8 Å². The molecule has 1 aliphatic heterocycles. The Labute approximate surface area is 171 Å². The number of hydrogen-bond donors (Lipinski definition) is 1. The lowest BCUT2D eigenvalue weighted by Crippen LogP contribution is -2.48. The van der Waals surface area contributed by atoms with Gasteiger partial charge in [-0.25, -0.2) is 4.39 Å². The molecule has 3 rings (SSSR count). The van der Waals surface area contributed by atoms with Gasteiger partial charge in [0.25, 0.3) is 5.91 Å². The molecule has 5 nitrogen and oxygen atoms in total. The number of benzene rings is 2. The molecule has 148 valence electrons. The molecule has 2 aromatic rings. The van der Waals surface area contributed by atoms with Gasteiger partial charge in [-0.3, -0.25) is 9.69 Å². The predicted molar refractivity (Wildman–Crippen MR) is 109 cm³/mol. The first kappa shape index (κ1) is 23.0. The number of amides is 1. The van der Waals surface area contributed by atoms with Crippen LogP contribution in [0.25, 0.3) is 0 Å². The molecule has 0 radical (unpaired) electrons. The zero-order chi connectivity index (χ0) is 17.8. The molecule has 0 saturated carbocycles. The third kappa shape index (κ3) is 5.73. The number of carbonyl (C=O) groups is 1. The van der Waals surface area contributed by atoms with E-state index in [9.17, 15) is 9.18 Å². The van der Waals surface area contributed by atoms with Gasteiger partial charge in [-0.05, 0) is 35.9 Å². The Kier molecular flexibility index (Phi) is 8.82. The lowest BCUT2D eigenvalue weighted by molar-refractivity contribution is 0.0628. The minimum Gasteiger partial charge on any atom is -0.494 e. The van der Waals surface area contributed by atoms with Crippen molar-refractivity contribution in [3.8, 4) is 5.75 Å². The molecule has 1 aliphatic rings. The lowest BCUT2D eigenvalue weighted by Gasteiger charge is -2.34. The summed E-state index contributed by atoms with van der Waals surface area (Å²) in [7, 11) is 1.45. The van der Waals surface area contributed by atoms with Crippen molar-refractivity contribution in [2.45, 2.75) is 6.54 Å². The Hall–Kier alpha value is -2.02. The maximum Gasteiger partial charge on any atom is 0.254 e. The molecule has 0 spiro atoms. The monoisotopic (exact) mass is 415 g/mol.